The number of anilines is 1. The number of rotatable bonds is 4. The van der Waals surface area contributed by atoms with E-state index in [1.807, 2.05) is 13.0 Å². The zero-order valence-electron chi connectivity index (χ0n) is 10.00. The van der Waals surface area contributed by atoms with Gasteiger partial charge in [-0.05, 0) is 18.6 Å². The first-order valence-corrected chi connectivity index (χ1v) is 5.55. The first kappa shape index (κ1) is 12.0. The Morgan fingerprint density at radius 2 is 2.28 bits per heavy atom. The van der Waals surface area contributed by atoms with E-state index in [1.54, 1.807) is 16.9 Å². The van der Waals surface area contributed by atoms with Crippen molar-refractivity contribution >= 4 is 11.6 Å². The molecular formula is C11H14N6O. The molecule has 0 unspecified atom stereocenters. The molecule has 2 rings (SSSR count). The van der Waals surface area contributed by atoms with Crippen LogP contribution in [0.5, 0.6) is 0 Å². The molecule has 94 valence electrons. The topological polar surface area (TPSA) is 113 Å². The summed E-state index contributed by atoms with van der Waals surface area (Å²) in [5, 5.41) is 11.9. The molecule has 0 aliphatic heterocycles. The van der Waals surface area contributed by atoms with Crippen LogP contribution in [0.4, 0.5) is 5.69 Å². The Morgan fingerprint density at radius 3 is 2.83 bits per heavy atom. The molecule has 0 aromatic carbocycles. The first-order valence-electron chi connectivity index (χ1n) is 5.55. The fourth-order valence-corrected chi connectivity index (χ4v) is 1.77. The molecule has 0 spiro atoms. The van der Waals surface area contributed by atoms with Gasteiger partial charge < -0.3 is 11.5 Å². The van der Waals surface area contributed by atoms with Gasteiger partial charge in [0.05, 0.1) is 23.6 Å². The second-order valence-corrected chi connectivity index (χ2v) is 3.80. The molecule has 0 radical (unpaired) electrons. The van der Waals surface area contributed by atoms with Crippen molar-refractivity contribution in [3.8, 4) is 0 Å². The monoisotopic (exact) mass is 246 g/mol. The molecule has 0 fully saturated rings. The lowest BCUT2D eigenvalue weighted by atomic mass is 10.2. The maximum atomic E-state index is 11.2. The quantitative estimate of drug-likeness (QED) is 0.786. The molecule has 4 N–H and O–H groups in total. The zero-order chi connectivity index (χ0) is 13.1. The van der Waals surface area contributed by atoms with Crippen LogP contribution in [0.3, 0.4) is 0 Å². The van der Waals surface area contributed by atoms with Crippen molar-refractivity contribution in [1.82, 2.24) is 20.0 Å². The van der Waals surface area contributed by atoms with E-state index < -0.39 is 5.91 Å². The van der Waals surface area contributed by atoms with Gasteiger partial charge in [0.2, 0.25) is 0 Å². The minimum atomic E-state index is -0.625. The van der Waals surface area contributed by atoms with Crippen LogP contribution in [-0.4, -0.2) is 25.9 Å². The molecule has 7 nitrogen and oxygen atoms in total. The van der Waals surface area contributed by atoms with Crippen LogP contribution in [0.1, 0.15) is 28.8 Å². The van der Waals surface area contributed by atoms with Gasteiger partial charge >= 0.3 is 0 Å². The van der Waals surface area contributed by atoms with E-state index in [-0.39, 0.29) is 5.69 Å². The van der Waals surface area contributed by atoms with Crippen LogP contribution in [0.25, 0.3) is 0 Å². The molecule has 18 heavy (non-hydrogen) atoms. The van der Waals surface area contributed by atoms with E-state index in [0.717, 1.165) is 11.4 Å². The highest BCUT2D eigenvalue weighted by atomic mass is 16.1. The lowest BCUT2D eigenvalue weighted by molar-refractivity contribution is 0.0995. The van der Waals surface area contributed by atoms with E-state index in [2.05, 4.69) is 15.3 Å². The standard InChI is InChI=1S/C11H14N6O/c1-2-8-9(12)10(11(13)18)16-17(8)6-7-4-3-5-14-15-7/h3-5H,2,6,12H2,1H3,(H2,13,18). The highest BCUT2D eigenvalue weighted by Crippen LogP contribution is 2.18. The van der Waals surface area contributed by atoms with Crippen LogP contribution in [0.15, 0.2) is 18.3 Å². The van der Waals surface area contributed by atoms with Crippen LogP contribution in [-0.2, 0) is 13.0 Å². The number of aromatic nitrogens is 4. The number of primary amides is 1. The van der Waals surface area contributed by atoms with E-state index >= 15 is 0 Å². The van der Waals surface area contributed by atoms with Crippen molar-refractivity contribution in [3.05, 3.63) is 35.4 Å². The normalized spacial score (nSPS) is 10.5. The summed E-state index contributed by atoms with van der Waals surface area (Å²) in [6.45, 7) is 2.35. The van der Waals surface area contributed by atoms with Crippen LogP contribution < -0.4 is 11.5 Å². The van der Waals surface area contributed by atoms with Crippen molar-refractivity contribution in [3.63, 3.8) is 0 Å². The van der Waals surface area contributed by atoms with Gasteiger partial charge in [0.25, 0.3) is 5.91 Å². The number of nitrogens with zero attached hydrogens (tertiary/aromatic N) is 4. The number of nitrogen functional groups attached to an aromatic ring is 1. The Morgan fingerprint density at radius 1 is 1.50 bits per heavy atom. The van der Waals surface area contributed by atoms with E-state index in [4.69, 9.17) is 11.5 Å². The molecule has 0 saturated carbocycles. The maximum Gasteiger partial charge on any atom is 0.271 e. The maximum absolute atomic E-state index is 11.2. The van der Waals surface area contributed by atoms with E-state index in [1.165, 1.54) is 0 Å². The average Bonchev–Trinajstić information content (AvgIpc) is 2.67. The number of nitrogens with two attached hydrogens (primary N) is 2. The Balaban J connectivity index is 2.39. The SMILES string of the molecule is CCc1c(N)c(C(N)=O)nn1Cc1cccnn1. The second-order valence-electron chi connectivity index (χ2n) is 3.80. The third-order valence-electron chi connectivity index (χ3n) is 2.61. The number of hydrogen-bond donors (Lipinski definition) is 2. The summed E-state index contributed by atoms with van der Waals surface area (Å²) in [5.41, 5.74) is 13.0. The molecule has 1 amide bonds. The smallest absolute Gasteiger partial charge is 0.271 e. The molecule has 2 heterocycles. The van der Waals surface area contributed by atoms with Crippen molar-refractivity contribution in [2.75, 3.05) is 5.73 Å². The zero-order valence-corrected chi connectivity index (χ0v) is 10.00. The Bertz CT molecular complexity index is 562. The molecule has 0 saturated heterocycles. The van der Waals surface area contributed by atoms with Gasteiger partial charge in [0, 0.05) is 6.20 Å². The number of amides is 1. The lowest BCUT2D eigenvalue weighted by Gasteiger charge is -2.04. The summed E-state index contributed by atoms with van der Waals surface area (Å²) in [4.78, 5) is 11.2. The second kappa shape index (κ2) is 4.82. The van der Waals surface area contributed by atoms with Crippen LogP contribution >= 0.6 is 0 Å². The van der Waals surface area contributed by atoms with Crippen LogP contribution in [0.2, 0.25) is 0 Å². The Labute approximate surface area is 104 Å². The highest BCUT2D eigenvalue weighted by Gasteiger charge is 2.18. The van der Waals surface area contributed by atoms with E-state index in [0.29, 0.717) is 18.7 Å². The van der Waals surface area contributed by atoms with Crippen molar-refractivity contribution in [1.29, 1.82) is 0 Å². The molecule has 0 bridgehead atoms. The summed E-state index contributed by atoms with van der Waals surface area (Å²) in [6, 6.07) is 3.62. The number of hydrogen-bond acceptors (Lipinski definition) is 5. The summed E-state index contributed by atoms with van der Waals surface area (Å²) >= 11 is 0. The molecule has 0 aliphatic rings. The largest absolute Gasteiger partial charge is 0.395 e. The predicted molar refractivity (Wildman–Crippen MR) is 65.7 cm³/mol. The highest BCUT2D eigenvalue weighted by molar-refractivity contribution is 5.96. The predicted octanol–water partition coefficient (Wildman–Crippen LogP) is -0.0351. The molecule has 0 aliphatic carbocycles. The van der Waals surface area contributed by atoms with Crippen molar-refractivity contribution < 1.29 is 4.79 Å². The molecular weight excluding hydrogens is 232 g/mol. The minimum Gasteiger partial charge on any atom is -0.395 e. The van der Waals surface area contributed by atoms with Crippen molar-refractivity contribution in [2.24, 2.45) is 5.73 Å². The van der Waals surface area contributed by atoms with Gasteiger partial charge in [-0.3, -0.25) is 9.48 Å². The van der Waals surface area contributed by atoms with E-state index in [9.17, 15) is 4.79 Å². The summed E-state index contributed by atoms with van der Waals surface area (Å²) in [5.74, 6) is -0.625. The van der Waals surface area contributed by atoms with Crippen molar-refractivity contribution in [2.45, 2.75) is 19.9 Å². The molecule has 0 atom stereocenters. The molecule has 2 aromatic heterocycles. The number of carbonyl (C=O) groups excluding carboxylic acids is 1. The fourth-order valence-electron chi connectivity index (χ4n) is 1.77. The average molecular weight is 246 g/mol. The lowest BCUT2D eigenvalue weighted by Crippen LogP contribution is -2.14. The van der Waals surface area contributed by atoms with Crippen LogP contribution in [0, 0.1) is 0 Å². The molecule has 2 aromatic rings. The summed E-state index contributed by atoms with van der Waals surface area (Å²) in [6.07, 6.45) is 2.25. The van der Waals surface area contributed by atoms with Gasteiger partial charge in [-0.1, -0.05) is 6.92 Å². The molecule has 7 heteroatoms. The number of carbonyl (C=O) groups is 1. The first-order chi connectivity index (χ1) is 8.63. The summed E-state index contributed by atoms with van der Waals surface area (Å²) in [7, 11) is 0. The minimum absolute atomic E-state index is 0.107. The van der Waals surface area contributed by atoms with Gasteiger partial charge in [-0.25, -0.2) is 0 Å². The van der Waals surface area contributed by atoms with Gasteiger partial charge in [-0.2, -0.15) is 15.3 Å². The van der Waals surface area contributed by atoms with Gasteiger partial charge in [-0.15, -0.1) is 0 Å². The van der Waals surface area contributed by atoms with Gasteiger partial charge in [0.15, 0.2) is 5.69 Å². The Kier molecular flexibility index (Phi) is 3.22. The summed E-state index contributed by atoms with van der Waals surface area (Å²) < 4.78 is 1.64. The fraction of sp³-hybridized carbons (Fsp3) is 0.273. The van der Waals surface area contributed by atoms with Gasteiger partial charge in [0.1, 0.15) is 0 Å². The third kappa shape index (κ3) is 2.15. The Hall–Kier alpha value is -2.44. The third-order valence-corrected chi connectivity index (χ3v) is 2.61.